The molecule has 0 aliphatic heterocycles. The lowest BCUT2D eigenvalue weighted by molar-refractivity contribution is 0.0949. The van der Waals surface area contributed by atoms with Crippen LogP contribution in [0.2, 0.25) is 5.02 Å². The highest BCUT2D eigenvalue weighted by Crippen LogP contribution is 2.37. The van der Waals surface area contributed by atoms with Crippen LogP contribution in [0.3, 0.4) is 0 Å². The SMILES string of the molecule is COc1cc(C(=O)Nc2cccc(C(=O)NC3CC3)c2)cc(Cl)c1OCCC(C)C. The van der Waals surface area contributed by atoms with E-state index in [1.807, 2.05) is 0 Å². The molecule has 0 unspecified atom stereocenters. The second kappa shape index (κ2) is 9.85. The average Bonchev–Trinajstić information content (AvgIpc) is 3.52. The number of carbonyl (C=O) groups is 2. The highest BCUT2D eigenvalue weighted by atomic mass is 35.5. The standard InChI is InChI=1S/C23H27ClN2O4/c1-14(2)9-10-30-21-19(24)12-16(13-20(21)29-3)23(28)26-18-6-4-5-15(11-18)22(27)25-17-7-8-17/h4-6,11-14,17H,7-10H2,1-3H3,(H,25,27)(H,26,28). The van der Waals surface area contributed by atoms with Crippen molar-refractivity contribution in [3.63, 3.8) is 0 Å². The van der Waals surface area contributed by atoms with Crippen LogP contribution in [-0.4, -0.2) is 31.6 Å². The molecule has 0 aromatic heterocycles. The molecule has 2 aromatic rings. The van der Waals surface area contributed by atoms with Crippen LogP contribution >= 0.6 is 11.6 Å². The van der Waals surface area contributed by atoms with E-state index in [0.29, 0.717) is 45.9 Å². The Bertz CT molecular complexity index is 925. The van der Waals surface area contributed by atoms with Crippen LogP contribution in [0.1, 0.15) is 53.8 Å². The second-order valence-corrected chi connectivity index (χ2v) is 8.21. The molecule has 2 amide bonds. The van der Waals surface area contributed by atoms with Crippen molar-refractivity contribution in [1.82, 2.24) is 5.32 Å². The van der Waals surface area contributed by atoms with Gasteiger partial charge in [0.2, 0.25) is 0 Å². The maximum Gasteiger partial charge on any atom is 0.255 e. The van der Waals surface area contributed by atoms with Gasteiger partial charge in [-0.2, -0.15) is 0 Å². The number of anilines is 1. The molecule has 0 radical (unpaired) electrons. The molecule has 160 valence electrons. The third-order valence-corrected chi connectivity index (χ3v) is 5.01. The largest absolute Gasteiger partial charge is 0.493 e. The zero-order valence-electron chi connectivity index (χ0n) is 17.5. The van der Waals surface area contributed by atoms with Gasteiger partial charge in [-0.25, -0.2) is 0 Å². The third-order valence-electron chi connectivity index (χ3n) is 4.73. The predicted octanol–water partition coefficient (Wildman–Crippen LogP) is 4.92. The Labute approximate surface area is 181 Å². The number of hydrogen-bond donors (Lipinski definition) is 2. The second-order valence-electron chi connectivity index (χ2n) is 7.80. The first kappa shape index (κ1) is 22.0. The lowest BCUT2D eigenvalue weighted by Crippen LogP contribution is -2.25. The minimum Gasteiger partial charge on any atom is -0.493 e. The summed E-state index contributed by atoms with van der Waals surface area (Å²) < 4.78 is 11.1. The summed E-state index contributed by atoms with van der Waals surface area (Å²) in [5.74, 6) is 0.830. The summed E-state index contributed by atoms with van der Waals surface area (Å²) in [5.41, 5.74) is 1.36. The Morgan fingerprint density at radius 2 is 1.90 bits per heavy atom. The summed E-state index contributed by atoms with van der Waals surface area (Å²) in [4.78, 5) is 25.0. The molecule has 1 aliphatic carbocycles. The molecule has 6 nitrogen and oxygen atoms in total. The highest BCUT2D eigenvalue weighted by molar-refractivity contribution is 6.32. The molecular weight excluding hydrogens is 404 g/mol. The van der Waals surface area contributed by atoms with E-state index in [4.69, 9.17) is 21.1 Å². The van der Waals surface area contributed by atoms with Crippen molar-refractivity contribution in [3.8, 4) is 11.5 Å². The fraction of sp³-hybridized carbons (Fsp3) is 0.391. The van der Waals surface area contributed by atoms with E-state index in [1.165, 1.54) is 7.11 Å². The monoisotopic (exact) mass is 430 g/mol. The molecule has 30 heavy (non-hydrogen) atoms. The van der Waals surface area contributed by atoms with Gasteiger partial charge in [-0.05, 0) is 55.5 Å². The van der Waals surface area contributed by atoms with Crippen molar-refractivity contribution < 1.29 is 19.1 Å². The van der Waals surface area contributed by atoms with E-state index in [-0.39, 0.29) is 17.9 Å². The Morgan fingerprint density at radius 1 is 1.13 bits per heavy atom. The van der Waals surface area contributed by atoms with E-state index >= 15 is 0 Å². The van der Waals surface area contributed by atoms with Gasteiger partial charge in [-0.15, -0.1) is 0 Å². The van der Waals surface area contributed by atoms with Crippen molar-refractivity contribution in [2.24, 2.45) is 5.92 Å². The summed E-state index contributed by atoms with van der Waals surface area (Å²) in [5, 5.41) is 6.05. The van der Waals surface area contributed by atoms with Crippen molar-refractivity contribution >= 4 is 29.1 Å². The number of hydrogen-bond acceptors (Lipinski definition) is 4. The molecule has 0 heterocycles. The molecule has 3 rings (SSSR count). The van der Waals surface area contributed by atoms with E-state index < -0.39 is 0 Å². The predicted molar refractivity (Wildman–Crippen MR) is 118 cm³/mol. The fourth-order valence-corrected chi connectivity index (χ4v) is 3.09. The Hall–Kier alpha value is -2.73. The molecule has 0 saturated heterocycles. The first-order chi connectivity index (χ1) is 14.4. The molecule has 1 fully saturated rings. The average molecular weight is 431 g/mol. The maximum absolute atomic E-state index is 12.8. The van der Waals surface area contributed by atoms with Crippen LogP contribution in [0.15, 0.2) is 36.4 Å². The van der Waals surface area contributed by atoms with Crippen LogP contribution in [0.4, 0.5) is 5.69 Å². The van der Waals surface area contributed by atoms with Crippen LogP contribution in [0.5, 0.6) is 11.5 Å². The quantitative estimate of drug-likeness (QED) is 0.592. The van der Waals surface area contributed by atoms with Gasteiger partial charge in [0, 0.05) is 22.9 Å². The number of nitrogens with one attached hydrogen (secondary N) is 2. The molecule has 2 N–H and O–H groups in total. The molecule has 2 aromatic carbocycles. The van der Waals surface area contributed by atoms with Gasteiger partial charge in [0.15, 0.2) is 11.5 Å². The molecule has 0 atom stereocenters. The van der Waals surface area contributed by atoms with Gasteiger partial charge in [0.1, 0.15) is 0 Å². The summed E-state index contributed by atoms with van der Waals surface area (Å²) in [7, 11) is 1.50. The van der Waals surface area contributed by atoms with Crippen LogP contribution in [0.25, 0.3) is 0 Å². The molecule has 1 saturated carbocycles. The zero-order chi connectivity index (χ0) is 21.7. The third kappa shape index (κ3) is 5.89. The number of methoxy groups -OCH3 is 1. The molecule has 7 heteroatoms. The van der Waals surface area contributed by atoms with Gasteiger partial charge in [-0.3, -0.25) is 9.59 Å². The van der Waals surface area contributed by atoms with Gasteiger partial charge < -0.3 is 20.1 Å². The van der Waals surface area contributed by atoms with Crippen LogP contribution in [0, 0.1) is 5.92 Å². The number of halogens is 1. The van der Waals surface area contributed by atoms with Crippen LogP contribution < -0.4 is 20.1 Å². The summed E-state index contributed by atoms with van der Waals surface area (Å²) in [6.45, 7) is 4.73. The minimum atomic E-state index is -0.358. The lowest BCUT2D eigenvalue weighted by Gasteiger charge is -2.15. The van der Waals surface area contributed by atoms with Gasteiger partial charge in [0.25, 0.3) is 11.8 Å². The van der Waals surface area contributed by atoms with Crippen molar-refractivity contribution in [1.29, 1.82) is 0 Å². The van der Waals surface area contributed by atoms with E-state index in [1.54, 1.807) is 36.4 Å². The number of carbonyl (C=O) groups excluding carboxylic acids is 2. The lowest BCUT2D eigenvalue weighted by atomic mass is 10.1. The number of rotatable bonds is 9. The molecule has 0 spiro atoms. The van der Waals surface area contributed by atoms with Crippen molar-refractivity contribution in [3.05, 3.63) is 52.5 Å². The van der Waals surface area contributed by atoms with Gasteiger partial charge in [-0.1, -0.05) is 31.5 Å². The van der Waals surface area contributed by atoms with Crippen molar-refractivity contribution in [2.45, 2.75) is 39.2 Å². The van der Waals surface area contributed by atoms with Gasteiger partial charge in [0.05, 0.1) is 18.7 Å². The zero-order valence-corrected chi connectivity index (χ0v) is 18.2. The topological polar surface area (TPSA) is 76.7 Å². The first-order valence-electron chi connectivity index (χ1n) is 10.1. The normalized spacial score (nSPS) is 13.1. The molecule has 0 bridgehead atoms. The number of ether oxygens (including phenoxy) is 2. The summed E-state index contributed by atoms with van der Waals surface area (Å²) in [6, 6.07) is 10.2. The van der Waals surface area contributed by atoms with E-state index in [9.17, 15) is 9.59 Å². The Balaban J connectivity index is 1.71. The minimum absolute atomic E-state index is 0.138. The first-order valence-corrected chi connectivity index (χ1v) is 10.5. The van der Waals surface area contributed by atoms with Crippen molar-refractivity contribution in [2.75, 3.05) is 19.0 Å². The highest BCUT2D eigenvalue weighted by Gasteiger charge is 2.24. The smallest absolute Gasteiger partial charge is 0.255 e. The van der Waals surface area contributed by atoms with Crippen LogP contribution in [-0.2, 0) is 0 Å². The summed E-state index contributed by atoms with van der Waals surface area (Å²) >= 11 is 6.36. The molecule has 1 aliphatic rings. The van der Waals surface area contributed by atoms with E-state index in [2.05, 4.69) is 24.5 Å². The molecular formula is C23H27ClN2O4. The Morgan fingerprint density at radius 3 is 2.57 bits per heavy atom. The number of benzene rings is 2. The van der Waals surface area contributed by atoms with E-state index in [0.717, 1.165) is 19.3 Å². The Kier molecular flexibility index (Phi) is 7.21. The van der Waals surface area contributed by atoms with Gasteiger partial charge >= 0.3 is 0 Å². The fourth-order valence-electron chi connectivity index (χ4n) is 2.83. The number of amides is 2. The maximum atomic E-state index is 12.8. The summed E-state index contributed by atoms with van der Waals surface area (Å²) in [6.07, 6.45) is 2.91.